The van der Waals surface area contributed by atoms with Gasteiger partial charge < -0.3 is 15.4 Å². The molecule has 0 spiro atoms. The van der Waals surface area contributed by atoms with Crippen LogP contribution in [0.5, 0.6) is 5.75 Å². The maximum atomic E-state index is 12.2. The van der Waals surface area contributed by atoms with E-state index in [-0.39, 0.29) is 12.5 Å². The van der Waals surface area contributed by atoms with Gasteiger partial charge in [-0.05, 0) is 66.4 Å². The molecule has 0 aliphatic rings. The van der Waals surface area contributed by atoms with Crippen molar-refractivity contribution in [3.05, 3.63) is 88.4 Å². The largest absolute Gasteiger partial charge is 0.484 e. The van der Waals surface area contributed by atoms with Crippen molar-refractivity contribution in [1.29, 1.82) is 0 Å². The summed E-state index contributed by atoms with van der Waals surface area (Å²) in [6.45, 7) is 3.64. The molecule has 0 atom stereocenters. The Morgan fingerprint density at radius 1 is 0.971 bits per heavy atom. The molecule has 0 aromatic heterocycles. The first kappa shape index (κ1) is 25.5. The number of benzene rings is 3. The topological polar surface area (TPSA) is 109 Å². The number of halogens is 1. The summed E-state index contributed by atoms with van der Waals surface area (Å²) >= 11 is 6.07. The van der Waals surface area contributed by atoms with Crippen molar-refractivity contribution in [2.45, 2.75) is 20.3 Å². The molecule has 3 aromatic carbocycles. The van der Waals surface area contributed by atoms with E-state index in [2.05, 4.69) is 21.2 Å². The summed E-state index contributed by atoms with van der Waals surface area (Å²) in [5, 5.41) is 9.64. The van der Waals surface area contributed by atoms with E-state index in [9.17, 15) is 14.4 Å². The van der Waals surface area contributed by atoms with Crippen LogP contribution in [-0.4, -0.2) is 30.5 Å². The van der Waals surface area contributed by atoms with E-state index in [1.54, 1.807) is 54.6 Å². The van der Waals surface area contributed by atoms with E-state index in [1.807, 2.05) is 26.0 Å². The molecule has 0 unspecified atom stereocenters. The van der Waals surface area contributed by atoms with E-state index in [4.69, 9.17) is 16.3 Å². The quantitative estimate of drug-likeness (QED) is 0.247. The van der Waals surface area contributed by atoms with Gasteiger partial charge in [-0.1, -0.05) is 48.9 Å². The number of carbonyl (C=O) groups is 3. The molecule has 0 fully saturated rings. The van der Waals surface area contributed by atoms with E-state index < -0.39 is 11.8 Å². The van der Waals surface area contributed by atoms with Gasteiger partial charge in [0.25, 0.3) is 5.91 Å². The van der Waals surface area contributed by atoms with Gasteiger partial charge in [-0.2, -0.15) is 5.10 Å². The van der Waals surface area contributed by atoms with Gasteiger partial charge in [-0.25, -0.2) is 5.43 Å². The van der Waals surface area contributed by atoms with Crippen LogP contribution in [0.1, 0.15) is 23.6 Å². The number of anilines is 2. The molecule has 3 rings (SSSR count). The molecule has 0 aliphatic heterocycles. The number of aryl methyl sites for hydroxylation is 1. The van der Waals surface area contributed by atoms with Crippen molar-refractivity contribution in [3.63, 3.8) is 0 Å². The SMILES string of the molecule is CCc1ccc(NC(=O)C(=O)N/N=C\c2cccc(OCC(=O)Nc3cccc(Cl)c3C)c2)cc1. The predicted molar refractivity (Wildman–Crippen MR) is 137 cm³/mol. The fourth-order valence-corrected chi connectivity index (χ4v) is 3.17. The van der Waals surface area contributed by atoms with Crippen molar-refractivity contribution in [2.24, 2.45) is 5.10 Å². The number of rotatable bonds is 8. The predicted octanol–water partition coefficient (Wildman–Crippen LogP) is 4.32. The van der Waals surface area contributed by atoms with Gasteiger partial charge in [-0.15, -0.1) is 0 Å². The molecule has 3 amide bonds. The fourth-order valence-electron chi connectivity index (χ4n) is 2.99. The van der Waals surface area contributed by atoms with Crippen LogP contribution in [0.4, 0.5) is 11.4 Å². The zero-order valence-electron chi connectivity index (χ0n) is 19.3. The van der Waals surface area contributed by atoms with Crippen LogP contribution < -0.4 is 20.8 Å². The second kappa shape index (κ2) is 12.3. The lowest BCUT2D eigenvalue weighted by molar-refractivity contribution is -0.136. The lowest BCUT2D eigenvalue weighted by atomic mass is 10.1. The molecule has 3 aromatic rings. The zero-order valence-corrected chi connectivity index (χ0v) is 20.1. The van der Waals surface area contributed by atoms with Crippen LogP contribution in [0.25, 0.3) is 0 Å². The van der Waals surface area contributed by atoms with E-state index in [0.29, 0.717) is 27.7 Å². The maximum absolute atomic E-state index is 12.2. The average molecular weight is 493 g/mol. The minimum atomic E-state index is -0.902. The molecule has 0 saturated heterocycles. The van der Waals surface area contributed by atoms with Crippen molar-refractivity contribution >= 4 is 46.9 Å². The summed E-state index contributed by atoms with van der Waals surface area (Å²) < 4.78 is 5.54. The third-order valence-corrected chi connectivity index (χ3v) is 5.39. The first-order valence-electron chi connectivity index (χ1n) is 10.9. The van der Waals surface area contributed by atoms with E-state index >= 15 is 0 Å². The summed E-state index contributed by atoms with van der Waals surface area (Å²) in [5.74, 6) is -1.63. The number of nitrogens with zero attached hydrogens (tertiary/aromatic N) is 1. The normalized spacial score (nSPS) is 10.6. The van der Waals surface area contributed by atoms with Crippen molar-refractivity contribution in [1.82, 2.24) is 5.43 Å². The van der Waals surface area contributed by atoms with Crippen LogP contribution in [-0.2, 0) is 20.8 Å². The van der Waals surface area contributed by atoms with E-state index in [0.717, 1.165) is 17.5 Å². The van der Waals surface area contributed by atoms with Gasteiger partial charge in [0.05, 0.1) is 6.21 Å². The molecule has 9 heteroatoms. The standard InChI is InChI=1S/C26H25ClN4O4/c1-3-18-10-12-20(13-11-18)29-25(33)26(34)31-28-15-19-6-4-7-21(14-19)35-16-24(32)30-23-9-5-8-22(27)17(23)2/h4-15H,3,16H2,1-2H3,(H,29,33)(H,30,32)(H,31,34)/b28-15-. The van der Waals surface area contributed by atoms with Crippen LogP contribution in [0.3, 0.4) is 0 Å². The molecule has 0 bridgehead atoms. The number of ether oxygens (including phenoxy) is 1. The molecule has 8 nitrogen and oxygen atoms in total. The van der Waals surface area contributed by atoms with Gasteiger partial charge in [0.1, 0.15) is 5.75 Å². The summed E-state index contributed by atoms with van der Waals surface area (Å²) in [5.41, 5.74) is 5.81. The third kappa shape index (κ3) is 7.68. The molecule has 35 heavy (non-hydrogen) atoms. The first-order valence-corrected chi connectivity index (χ1v) is 11.2. The maximum Gasteiger partial charge on any atom is 0.329 e. The monoisotopic (exact) mass is 492 g/mol. The highest BCUT2D eigenvalue weighted by Gasteiger charge is 2.13. The number of nitrogens with one attached hydrogen (secondary N) is 3. The molecular weight excluding hydrogens is 468 g/mol. The molecule has 180 valence electrons. The number of amides is 3. The summed E-state index contributed by atoms with van der Waals surface area (Å²) in [6, 6.07) is 19.2. The Balaban J connectivity index is 1.48. The van der Waals surface area contributed by atoms with Gasteiger partial charge in [0.15, 0.2) is 6.61 Å². The minimum absolute atomic E-state index is 0.206. The number of hydrazone groups is 1. The highest BCUT2D eigenvalue weighted by Crippen LogP contribution is 2.23. The number of hydrogen-bond acceptors (Lipinski definition) is 5. The average Bonchev–Trinajstić information content (AvgIpc) is 2.86. The highest BCUT2D eigenvalue weighted by atomic mass is 35.5. The Bertz CT molecular complexity index is 1240. The summed E-state index contributed by atoms with van der Waals surface area (Å²) in [7, 11) is 0. The smallest absolute Gasteiger partial charge is 0.329 e. The second-order valence-corrected chi connectivity index (χ2v) is 7.93. The van der Waals surface area contributed by atoms with Crippen LogP contribution in [0.15, 0.2) is 71.8 Å². The lowest BCUT2D eigenvalue weighted by Gasteiger charge is -2.10. The molecule has 0 saturated carbocycles. The minimum Gasteiger partial charge on any atom is -0.484 e. The number of carbonyl (C=O) groups excluding carboxylic acids is 3. The van der Waals surface area contributed by atoms with Gasteiger partial charge in [0, 0.05) is 16.4 Å². The van der Waals surface area contributed by atoms with Gasteiger partial charge in [-0.3, -0.25) is 14.4 Å². The van der Waals surface area contributed by atoms with Crippen LogP contribution in [0, 0.1) is 6.92 Å². The Kier molecular flexibility index (Phi) is 8.97. The van der Waals surface area contributed by atoms with Gasteiger partial charge >= 0.3 is 11.8 Å². The lowest BCUT2D eigenvalue weighted by Crippen LogP contribution is -2.32. The second-order valence-electron chi connectivity index (χ2n) is 7.53. The zero-order chi connectivity index (χ0) is 25.2. The molecule has 0 heterocycles. The van der Waals surface area contributed by atoms with Crippen LogP contribution >= 0.6 is 11.6 Å². The van der Waals surface area contributed by atoms with E-state index in [1.165, 1.54) is 6.21 Å². The van der Waals surface area contributed by atoms with Crippen molar-refractivity contribution < 1.29 is 19.1 Å². The van der Waals surface area contributed by atoms with Crippen LogP contribution in [0.2, 0.25) is 5.02 Å². The highest BCUT2D eigenvalue weighted by molar-refractivity contribution is 6.39. The number of hydrogen-bond donors (Lipinski definition) is 3. The summed E-state index contributed by atoms with van der Waals surface area (Å²) in [4.78, 5) is 36.2. The van der Waals surface area contributed by atoms with Gasteiger partial charge in [0.2, 0.25) is 0 Å². The molecule has 3 N–H and O–H groups in total. The Morgan fingerprint density at radius 2 is 1.71 bits per heavy atom. The Hall–Kier alpha value is -4.17. The fraction of sp³-hybridized carbons (Fsp3) is 0.154. The molecule has 0 radical (unpaired) electrons. The summed E-state index contributed by atoms with van der Waals surface area (Å²) in [6.07, 6.45) is 2.25. The van der Waals surface area contributed by atoms with Crippen molar-refractivity contribution in [2.75, 3.05) is 17.2 Å². The molecular formula is C26H25ClN4O4. The van der Waals surface area contributed by atoms with Crippen molar-refractivity contribution in [3.8, 4) is 5.75 Å². The Morgan fingerprint density at radius 3 is 2.46 bits per heavy atom. The molecule has 0 aliphatic carbocycles. The third-order valence-electron chi connectivity index (χ3n) is 4.98. The Labute approximate surface area is 208 Å². The first-order chi connectivity index (χ1) is 16.9.